The Labute approximate surface area is 759 Å². The van der Waals surface area contributed by atoms with Gasteiger partial charge < -0.3 is 48.7 Å². The molecule has 1 aliphatic heterocycles. The third-order valence-corrected chi connectivity index (χ3v) is 22.0. The van der Waals surface area contributed by atoms with E-state index in [4.69, 9.17) is 44.0 Å². The molecule has 0 aliphatic carbocycles. The number of nitro groups is 5. The summed E-state index contributed by atoms with van der Waals surface area (Å²) in [6.45, 7) is 33.5. The van der Waals surface area contributed by atoms with E-state index in [1.54, 1.807) is 108 Å². The number of carbonyl (C=O) groups is 5. The summed E-state index contributed by atoms with van der Waals surface area (Å²) in [6.07, 6.45) is 11.2. The van der Waals surface area contributed by atoms with Gasteiger partial charge in [-0.1, -0.05) is 81.9 Å². The van der Waals surface area contributed by atoms with Gasteiger partial charge in [0, 0.05) is 58.9 Å². The number of ether oxygens (including phenoxy) is 8. The highest BCUT2D eigenvalue weighted by molar-refractivity contribution is 9.10. The third kappa shape index (κ3) is 31.9. The number of pyridine rings is 6. The van der Waals surface area contributed by atoms with Crippen molar-refractivity contribution >= 4 is 210 Å². The fourth-order valence-electron chi connectivity index (χ4n) is 11.0. The second kappa shape index (κ2) is 50.9. The Balaban J connectivity index is 0.000000262. The standard InChI is InChI=1S/C16H19N3O6S.C11H11N3O4S.C10H11N3O3S.C10H13N3OS.C9H9N3O3S.C9H16O4.C7H4BrN3O2S.C4H8O.C2H6/c1-6-24-14(20)11(15(21)25-16(3,4)5)10-9(19(22)23)7-17-13-12(10)18-8(2)26-13;1-3-18-9(15)4-7-8(14(16)17)5-12-11-10(7)13-6(2)19-11;1-6-12-9-7(3-4-16-2)8(13(14)15)5-11-10(9)17-6;1-6-13-9-7(3-4-14-2)8(11)5-12-10(9)15-6;1-5-11-8-6(2-3-13)7(12(14)15)4-10-9(8)16-5;1-5-12-7(10)6-8(11)13-9(2,3)4;1-3-10-6-5(8)4(11(12)13)2-9-7(6)14-3;1-2-4-5-3-1;1-2/h7,11H,6H2,1-5H3;5H,3-4H2,1-2H3;5H,3-4H2,1-2H3;5H,3-4,11H2,1-2H3;4,13H,2-3H2,1H3;5-6H2,1-4H3;2H,1H3;1-4H2;1-2H3. The van der Waals surface area contributed by atoms with E-state index < -0.39 is 77.3 Å². The van der Waals surface area contributed by atoms with Gasteiger partial charge >= 0.3 is 35.5 Å². The summed E-state index contributed by atoms with van der Waals surface area (Å²) >= 11 is 11.5. The number of aliphatic hydroxyl groups excluding tert-OH is 1. The smallest absolute Gasteiger partial charge is 0.325 e. The van der Waals surface area contributed by atoms with Crippen molar-refractivity contribution in [1.82, 2.24) is 59.8 Å². The van der Waals surface area contributed by atoms with Gasteiger partial charge in [0.1, 0.15) is 115 Å². The number of hydrogen-bond donors (Lipinski definition) is 2. The summed E-state index contributed by atoms with van der Waals surface area (Å²) in [6, 6.07) is 0. The van der Waals surface area contributed by atoms with Crippen LogP contribution in [-0.2, 0) is 87.6 Å². The number of methoxy groups -OCH3 is 2. The summed E-state index contributed by atoms with van der Waals surface area (Å²) in [5.41, 5.74) is 9.74. The van der Waals surface area contributed by atoms with Gasteiger partial charge in [-0.15, -0.1) is 0 Å². The van der Waals surface area contributed by atoms with Gasteiger partial charge in [-0.25, -0.2) is 59.8 Å². The Morgan fingerprint density at radius 2 is 0.787 bits per heavy atom. The highest BCUT2D eigenvalue weighted by atomic mass is 79.9. The van der Waals surface area contributed by atoms with Crippen molar-refractivity contribution in [3.8, 4) is 0 Å². The SMILES string of the molecule is C1CCOC1.CC.CCOC(=O)C(C(=O)OC(C)(C)C)c1c([N+](=O)[O-])cnc2sc(C)nc12.CCOC(=O)CC(=O)OC(C)(C)C.CCOC(=O)Cc1c([N+](=O)[O-])cnc2sc(C)nc12.COCCc1c(N)cnc2sc(C)nc12.COCCc1c([N+](=O)[O-])cnc2sc(C)nc12.Cc1nc2c(Br)c([N+](=O)[O-])cnc2s1.Cc1nc2c(CCO)c([N+](=O)[O-])cnc2s1. The summed E-state index contributed by atoms with van der Waals surface area (Å²) in [4.78, 5) is 165. The minimum Gasteiger partial charge on any atom is -0.466 e. The van der Waals surface area contributed by atoms with Crippen molar-refractivity contribution in [2.45, 2.75) is 180 Å². The van der Waals surface area contributed by atoms with Gasteiger partial charge in [0.05, 0.1) is 128 Å². The number of carbonyl (C=O) groups excluding carboxylic acids is 5. The van der Waals surface area contributed by atoms with Crippen LogP contribution in [0.1, 0.15) is 159 Å². The number of halogens is 1. The van der Waals surface area contributed by atoms with E-state index in [1.165, 1.54) is 88.1 Å². The zero-order chi connectivity index (χ0) is 94.9. The normalized spacial score (nSPS) is 11.6. The van der Waals surface area contributed by atoms with Crippen LogP contribution in [0.2, 0.25) is 0 Å². The molecular formula is C78H97BrN18O24S6. The number of aliphatic hydroxyl groups is 1. The van der Waals surface area contributed by atoms with Crippen LogP contribution in [0.5, 0.6) is 0 Å². The monoisotopic (exact) mass is 1940 g/mol. The molecule has 0 bridgehead atoms. The van der Waals surface area contributed by atoms with Crippen molar-refractivity contribution in [3.63, 3.8) is 0 Å². The maximum atomic E-state index is 12.7. The number of fused-ring (bicyclic) bond motifs is 6. The lowest BCUT2D eigenvalue weighted by Gasteiger charge is -2.23. The molecule has 0 aromatic carbocycles. The summed E-state index contributed by atoms with van der Waals surface area (Å²) in [5.74, 6) is -5.09. The van der Waals surface area contributed by atoms with Crippen molar-refractivity contribution in [2.24, 2.45) is 0 Å². The lowest BCUT2D eigenvalue weighted by Crippen LogP contribution is -2.33. The molecule has 1 atom stereocenters. The number of esters is 5. The average molecular weight is 1940 g/mol. The lowest BCUT2D eigenvalue weighted by molar-refractivity contribution is -0.386. The summed E-state index contributed by atoms with van der Waals surface area (Å²) in [7, 11) is 3.25. The number of anilines is 1. The Hall–Kier alpha value is -11.3. The molecule has 0 spiro atoms. The molecule has 13 heterocycles. The summed E-state index contributed by atoms with van der Waals surface area (Å²) < 4.78 is 40.0. The fourth-order valence-corrected chi connectivity index (χ4v) is 16.4. The zero-order valence-electron chi connectivity index (χ0n) is 73.0. The van der Waals surface area contributed by atoms with E-state index in [2.05, 4.69) is 80.5 Å². The number of nitrogens with zero attached hydrogens (tertiary/aromatic N) is 17. The first-order valence-electron chi connectivity index (χ1n) is 38.7. The van der Waals surface area contributed by atoms with Crippen LogP contribution in [0, 0.1) is 92.1 Å². The molecule has 12 aromatic heterocycles. The molecule has 0 amide bonds. The number of nitrogens with two attached hydrogens (primary N) is 1. The van der Waals surface area contributed by atoms with Crippen molar-refractivity contribution in [2.75, 3.05) is 72.8 Å². The van der Waals surface area contributed by atoms with Crippen LogP contribution < -0.4 is 5.73 Å². The van der Waals surface area contributed by atoms with E-state index in [-0.39, 0.29) is 85.1 Å². The molecule has 0 radical (unpaired) electrons. The van der Waals surface area contributed by atoms with E-state index in [0.29, 0.717) is 87.3 Å². The molecule has 49 heteroatoms. The second-order valence-electron chi connectivity index (χ2n) is 27.7. The largest absolute Gasteiger partial charge is 0.466 e. The van der Waals surface area contributed by atoms with Crippen LogP contribution in [-0.4, -0.2) is 198 Å². The molecule has 1 aliphatic rings. The molecule has 1 unspecified atom stereocenters. The molecular weight excluding hydrogens is 1850 g/mol. The molecule has 42 nitrogen and oxygen atoms in total. The fraction of sp³-hybridized carbons (Fsp3) is 0.474. The zero-order valence-corrected chi connectivity index (χ0v) is 79.5. The highest BCUT2D eigenvalue weighted by Gasteiger charge is 2.42. The minimum absolute atomic E-state index is 0.0102. The molecule has 3 N–H and O–H groups in total. The van der Waals surface area contributed by atoms with Crippen molar-refractivity contribution in [3.05, 3.63) is 150 Å². The predicted octanol–water partition coefficient (Wildman–Crippen LogP) is 16.0. The Bertz CT molecular complexity index is 5840. The van der Waals surface area contributed by atoms with Gasteiger partial charge in [0.2, 0.25) is 0 Å². The molecule has 127 heavy (non-hydrogen) atoms. The van der Waals surface area contributed by atoms with Crippen LogP contribution in [0.25, 0.3) is 62.1 Å². The number of thiazole rings is 6. The molecule has 0 saturated carbocycles. The summed E-state index contributed by atoms with van der Waals surface area (Å²) in [5, 5.41) is 68.6. The minimum atomic E-state index is -1.62. The van der Waals surface area contributed by atoms with Crippen LogP contribution in [0.15, 0.2) is 41.7 Å². The van der Waals surface area contributed by atoms with E-state index in [9.17, 15) is 74.5 Å². The van der Waals surface area contributed by atoms with Crippen molar-refractivity contribution < 1.29 is 91.6 Å². The first-order chi connectivity index (χ1) is 60.0. The van der Waals surface area contributed by atoms with E-state index >= 15 is 0 Å². The quantitative estimate of drug-likeness (QED) is 0.0197. The third-order valence-electron chi connectivity index (χ3n) is 15.9. The van der Waals surface area contributed by atoms with Crippen molar-refractivity contribution in [1.29, 1.82) is 0 Å². The molecule has 1 saturated heterocycles. The van der Waals surface area contributed by atoms with Gasteiger partial charge in [-0.3, -0.25) is 74.5 Å². The Morgan fingerprint density at radius 3 is 1.17 bits per heavy atom. The van der Waals surface area contributed by atoms with Gasteiger partial charge in [-0.05, 0) is 133 Å². The molecule has 686 valence electrons. The van der Waals surface area contributed by atoms with Gasteiger partial charge in [0.15, 0.2) is 5.92 Å². The van der Waals surface area contributed by atoms with Gasteiger partial charge in [0.25, 0.3) is 22.7 Å². The topological polar surface area (TPSA) is 576 Å². The number of aromatic nitrogens is 12. The lowest BCUT2D eigenvalue weighted by atomic mass is 9.97. The number of rotatable bonds is 23. The van der Waals surface area contributed by atoms with E-state index in [1.807, 2.05) is 41.5 Å². The number of aryl methyl sites for hydroxylation is 6. The first-order valence-corrected chi connectivity index (χ1v) is 44.4. The van der Waals surface area contributed by atoms with E-state index in [0.717, 1.165) is 77.8 Å². The maximum Gasteiger partial charge on any atom is 0.325 e. The highest BCUT2D eigenvalue weighted by Crippen LogP contribution is 2.39. The molecule has 1 fully saturated rings. The number of nitrogen functional groups attached to an aromatic ring is 1. The first kappa shape index (κ1) is 106. The molecule has 12 aromatic rings. The van der Waals surface area contributed by atoms with Gasteiger partial charge in [-0.2, -0.15) is 0 Å². The van der Waals surface area contributed by atoms with Crippen LogP contribution >= 0.6 is 84.0 Å². The van der Waals surface area contributed by atoms with Crippen LogP contribution in [0.4, 0.5) is 34.1 Å². The Morgan fingerprint density at radius 1 is 0.457 bits per heavy atom. The Kier molecular flexibility index (Phi) is 42.6. The maximum absolute atomic E-state index is 12.7. The predicted molar refractivity (Wildman–Crippen MR) is 484 cm³/mol. The van der Waals surface area contributed by atoms with Crippen LogP contribution in [0.3, 0.4) is 0 Å². The second-order valence-corrected chi connectivity index (χ2v) is 35.6. The average Bonchev–Trinajstić information content (AvgIpc) is 1.61. The molecule has 13 rings (SSSR count). The number of hydrogen-bond acceptors (Lipinski definition) is 43.